The van der Waals surface area contributed by atoms with Crippen molar-refractivity contribution in [2.75, 3.05) is 52.5 Å². The van der Waals surface area contributed by atoms with E-state index in [0.717, 1.165) is 94.9 Å². The fraction of sp³-hybridized carbons (Fsp3) is 0.696. The van der Waals surface area contributed by atoms with Gasteiger partial charge in [-0.2, -0.15) is 0 Å². The Hall–Kier alpha value is -0.980. The summed E-state index contributed by atoms with van der Waals surface area (Å²) in [5.74, 6) is 0.593. The number of aldehydes is 1. The molecule has 0 amide bonds. The topological polar surface area (TPSA) is 53.0 Å². The van der Waals surface area contributed by atoms with E-state index >= 15 is 0 Å². The predicted molar refractivity (Wildman–Crippen MR) is 119 cm³/mol. The zero-order valence-electron chi connectivity index (χ0n) is 17.8. The number of nitrogens with zero attached hydrogens (tertiary/aromatic N) is 2. The number of unbranched alkanes of at least 4 members (excludes halogenated alkanes) is 1. The molecule has 29 heavy (non-hydrogen) atoms. The number of aliphatic hydroxyl groups excluding tert-OH is 1. The van der Waals surface area contributed by atoms with Gasteiger partial charge in [-0.15, -0.1) is 0 Å². The summed E-state index contributed by atoms with van der Waals surface area (Å²) in [6.45, 7) is 8.68. The number of halogens is 1. The van der Waals surface area contributed by atoms with Gasteiger partial charge in [-0.25, -0.2) is 0 Å². The third kappa shape index (κ3) is 9.14. The minimum atomic E-state index is -0.0570. The Morgan fingerprint density at radius 3 is 2.59 bits per heavy atom. The fourth-order valence-corrected chi connectivity index (χ4v) is 4.06. The second-order valence-corrected chi connectivity index (χ2v) is 8.39. The van der Waals surface area contributed by atoms with E-state index in [1.165, 1.54) is 0 Å². The number of rotatable bonds is 14. The monoisotopic (exact) mass is 424 g/mol. The molecule has 1 aromatic rings. The van der Waals surface area contributed by atoms with Crippen LogP contribution in [0.3, 0.4) is 0 Å². The van der Waals surface area contributed by atoms with Gasteiger partial charge < -0.3 is 19.5 Å². The van der Waals surface area contributed by atoms with E-state index in [9.17, 15) is 4.79 Å². The number of carbonyl (C=O) groups is 1. The van der Waals surface area contributed by atoms with Crippen LogP contribution in [0.5, 0.6) is 0 Å². The molecule has 0 spiro atoms. The number of ether oxygens (including phenoxy) is 1. The van der Waals surface area contributed by atoms with Crippen molar-refractivity contribution in [1.82, 2.24) is 9.80 Å². The molecule has 6 heteroatoms. The molecule has 0 bridgehead atoms. The maximum Gasteiger partial charge on any atom is 0.137 e. The fourth-order valence-electron chi connectivity index (χ4n) is 3.94. The molecule has 0 saturated carbocycles. The molecule has 1 aromatic carbocycles. The Morgan fingerprint density at radius 1 is 1.24 bits per heavy atom. The summed E-state index contributed by atoms with van der Waals surface area (Å²) in [5.41, 5.74) is 1.15. The average Bonchev–Trinajstić information content (AvgIpc) is 2.75. The van der Waals surface area contributed by atoms with Crippen molar-refractivity contribution >= 4 is 17.9 Å². The lowest BCUT2D eigenvalue weighted by Crippen LogP contribution is -2.44. The van der Waals surface area contributed by atoms with Crippen LogP contribution >= 0.6 is 11.6 Å². The third-order valence-corrected chi connectivity index (χ3v) is 6.12. The van der Waals surface area contributed by atoms with Gasteiger partial charge in [0, 0.05) is 24.8 Å². The summed E-state index contributed by atoms with van der Waals surface area (Å²) in [5, 5.41) is 9.74. The number of benzene rings is 1. The average molecular weight is 425 g/mol. The number of piperidine rings is 1. The highest BCUT2D eigenvalue weighted by molar-refractivity contribution is 6.30. The molecule has 1 unspecified atom stereocenters. The lowest BCUT2D eigenvalue weighted by atomic mass is 9.95. The van der Waals surface area contributed by atoms with Crippen LogP contribution in [-0.4, -0.2) is 79.8 Å². The maximum absolute atomic E-state index is 11.6. The lowest BCUT2D eigenvalue weighted by Gasteiger charge is -2.35. The predicted octanol–water partition coefficient (Wildman–Crippen LogP) is 3.27. The molecule has 0 aromatic heterocycles. The van der Waals surface area contributed by atoms with Crippen LogP contribution in [0.15, 0.2) is 24.3 Å². The van der Waals surface area contributed by atoms with Gasteiger partial charge in [-0.05, 0) is 81.9 Å². The normalized spacial score (nSPS) is 17.0. The molecule has 2 rings (SSSR count). The lowest BCUT2D eigenvalue weighted by molar-refractivity contribution is -0.113. The van der Waals surface area contributed by atoms with E-state index in [4.69, 9.17) is 21.4 Å². The number of likely N-dealkylation sites (tertiary alicyclic amines) is 1. The number of likely N-dealkylation sites (N-methyl/N-ethyl adjacent to an activating group) is 1. The van der Waals surface area contributed by atoms with E-state index in [1.54, 1.807) is 0 Å². The van der Waals surface area contributed by atoms with Crippen molar-refractivity contribution in [1.29, 1.82) is 0 Å². The summed E-state index contributed by atoms with van der Waals surface area (Å²) >= 11 is 5.95. The molecule has 1 aliphatic rings. The van der Waals surface area contributed by atoms with Gasteiger partial charge in [0.1, 0.15) is 6.29 Å². The van der Waals surface area contributed by atoms with Gasteiger partial charge in [0.15, 0.2) is 0 Å². The summed E-state index contributed by atoms with van der Waals surface area (Å²) in [6.07, 6.45) is 6.18. The first-order valence-corrected chi connectivity index (χ1v) is 11.4. The van der Waals surface area contributed by atoms with Crippen molar-refractivity contribution < 1.29 is 14.6 Å². The molecule has 5 nitrogen and oxygen atoms in total. The van der Waals surface area contributed by atoms with Crippen molar-refractivity contribution in [2.45, 2.75) is 45.1 Å². The van der Waals surface area contributed by atoms with E-state index in [0.29, 0.717) is 5.92 Å². The quantitative estimate of drug-likeness (QED) is 0.367. The highest BCUT2D eigenvalue weighted by Gasteiger charge is 2.25. The van der Waals surface area contributed by atoms with Crippen molar-refractivity contribution in [3.05, 3.63) is 34.9 Å². The van der Waals surface area contributed by atoms with E-state index in [2.05, 4.69) is 16.7 Å². The molecule has 1 heterocycles. The van der Waals surface area contributed by atoms with Crippen LogP contribution in [-0.2, 0) is 16.0 Å². The Labute approximate surface area is 181 Å². The standard InChI is InChI=1S/C23H37ClN2O3/c1-2-25(14-15-27)11-3-4-16-29-19-21-9-12-26(13-10-21)23(18-28)17-20-5-7-22(24)8-6-20/h5-8,18,21,23,27H,2-4,9-17,19H2,1H3. The molecule has 1 saturated heterocycles. The first kappa shape index (κ1) is 24.3. The maximum atomic E-state index is 11.6. The third-order valence-electron chi connectivity index (χ3n) is 5.86. The van der Waals surface area contributed by atoms with Crippen LogP contribution in [0, 0.1) is 5.92 Å². The molecular formula is C23H37ClN2O3. The summed E-state index contributed by atoms with van der Waals surface area (Å²) in [7, 11) is 0. The zero-order chi connectivity index (χ0) is 20.9. The summed E-state index contributed by atoms with van der Waals surface area (Å²) < 4.78 is 5.91. The molecule has 1 N–H and O–H groups in total. The smallest absolute Gasteiger partial charge is 0.137 e. The highest BCUT2D eigenvalue weighted by atomic mass is 35.5. The molecule has 0 radical (unpaired) electrons. The molecule has 1 fully saturated rings. The van der Waals surface area contributed by atoms with Gasteiger partial charge in [-0.3, -0.25) is 4.90 Å². The minimum absolute atomic E-state index is 0.0570. The first-order valence-electron chi connectivity index (χ1n) is 11.0. The van der Waals surface area contributed by atoms with Crippen molar-refractivity contribution in [2.24, 2.45) is 5.92 Å². The molecule has 0 aliphatic carbocycles. The van der Waals surface area contributed by atoms with Gasteiger partial charge in [0.25, 0.3) is 0 Å². The van der Waals surface area contributed by atoms with Crippen molar-refractivity contribution in [3.8, 4) is 0 Å². The van der Waals surface area contributed by atoms with Crippen molar-refractivity contribution in [3.63, 3.8) is 0 Å². The SMILES string of the molecule is CCN(CCO)CCCCOCC1CCN(C(C=O)Cc2ccc(Cl)cc2)CC1. The summed E-state index contributed by atoms with van der Waals surface area (Å²) in [4.78, 5) is 16.2. The first-order chi connectivity index (χ1) is 14.2. The summed E-state index contributed by atoms with van der Waals surface area (Å²) in [6, 6.07) is 7.72. The van der Waals surface area contributed by atoms with E-state index in [-0.39, 0.29) is 12.6 Å². The molecule has 1 atom stereocenters. The Bertz CT molecular complexity index is 562. The second-order valence-electron chi connectivity index (χ2n) is 7.95. The van der Waals surface area contributed by atoms with Gasteiger partial charge in [0.05, 0.1) is 12.6 Å². The minimum Gasteiger partial charge on any atom is -0.395 e. The second kappa shape index (κ2) is 14.1. The van der Waals surface area contributed by atoms with Crippen LogP contribution in [0.4, 0.5) is 0 Å². The largest absolute Gasteiger partial charge is 0.395 e. The Morgan fingerprint density at radius 2 is 1.97 bits per heavy atom. The Balaban J connectivity index is 1.59. The number of carbonyl (C=O) groups excluding carboxylic acids is 1. The van der Waals surface area contributed by atoms with E-state index < -0.39 is 0 Å². The van der Waals surface area contributed by atoms with Gasteiger partial charge in [0.2, 0.25) is 0 Å². The molecule has 1 aliphatic heterocycles. The van der Waals surface area contributed by atoms with Gasteiger partial charge >= 0.3 is 0 Å². The zero-order valence-corrected chi connectivity index (χ0v) is 18.5. The van der Waals surface area contributed by atoms with E-state index in [1.807, 2.05) is 24.3 Å². The highest BCUT2D eigenvalue weighted by Crippen LogP contribution is 2.21. The van der Waals surface area contributed by atoms with Crippen LogP contribution in [0.25, 0.3) is 0 Å². The Kier molecular flexibility index (Phi) is 11.8. The van der Waals surface area contributed by atoms with Crippen LogP contribution in [0.2, 0.25) is 5.02 Å². The molecule has 164 valence electrons. The number of hydrogen-bond donors (Lipinski definition) is 1. The molecular weight excluding hydrogens is 388 g/mol. The van der Waals surface area contributed by atoms with Gasteiger partial charge in [-0.1, -0.05) is 30.7 Å². The van der Waals surface area contributed by atoms with Crippen LogP contribution in [0.1, 0.15) is 38.2 Å². The number of aliphatic hydroxyl groups is 1. The number of hydrogen-bond acceptors (Lipinski definition) is 5. The van der Waals surface area contributed by atoms with Crippen LogP contribution < -0.4 is 0 Å².